The third-order valence-electron chi connectivity index (χ3n) is 1.66. The molecule has 0 aliphatic heterocycles. The van der Waals surface area contributed by atoms with Crippen molar-refractivity contribution in [3.63, 3.8) is 0 Å². The van der Waals surface area contributed by atoms with Gasteiger partial charge >= 0.3 is 5.97 Å². The van der Waals surface area contributed by atoms with Gasteiger partial charge < -0.3 is 9.30 Å². The van der Waals surface area contributed by atoms with Crippen molar-refractivity contribution in [2.75, 3.05) is 6.61 Å². The molecule has 0 unspecified atom stereocenters. The van der Waals surface area contributed by atoms with Crippen LogP contribution < -0.4 is 0 Å². The van der Waals surface area contributed by atoms with E-state index in [9.17, 15) is 9.59 Å². The Bertz CT molecular complexity index is 370. The van der Waals surface area contributed by atoms with Gasteiger partial charge in [0, 0.05) is 19.4 Å². The number of hydrogen-bond donors (Lipinski definition) is 0. The monoisotopic (exact) mass is 215 g/mol. The van der Waals surface area contributed by atoms with E-state index in [0.29, 0.717) is 0 Å². The fraction of sp³-hybridized carbons (Fsp3) is 0.333. The van der Waals surface area contributed by atoms with Gasteiger partial charge in [0.1, 0.15) is 0 Å². The number of hydrogen-bond acceptors (Lipinski definition) is 3. The van der Waals surface area contributed by atoms with Crippen LogP contribution in [0.25, 0.3) is 0 Å². The van der Waals surface area contributed by atoms with Crippen LogP contribution in [0, 0.1) is 0 Å². The second-order valence-corrected chi connectivity index (χ2v) is 3.09. The lowest BCUT2D eigenvalue weighted by Gasteiger charge is -1.99. The van der Waals surface area contributed by atoms with Crippen molar-refractivity contribution in [1.29, 1.82) is 0 Å². The molecule has 0 saturated carbocycles. The number of carbonyl (C=O) groups is 2. The summed E-state index contributed by atoms with van der Waals surface area (Å²) in [7, 11) is 1.70. The minimum atomic E-state index is -0.659. The highest BCUT2D eigenvalue weighted by atomic mass is 35.5. The van der Waals surface area contributed by atoms with Gasteiger partial charge in [-0.3, -0.25) is 4.79 Å². The number of ether oxygens (including phenoxy) is 1. The minimum Gasteiger partial charge on any atom is -0.462 e. The molecule has 1 heterocycles. The Balaban J connectivity index is 3.06. The molecule has 0 aromatic carbocycles. The van der Waals surface area contributed by atoms with E-state index in [0.717, 1.165) is 0 Å². The molecule has 4 nitrogen and oxygen atoms in total. The van der Waals surface area contributed by atoms with Gasteiger partial charge in [-0.1, -0.05) is 0 Å². The summed E-state index contributed by atoms with van der Waals surface area (Å²) in [5, 5.41) is -0.659. The Morgan fingerprint density at radius 1 is 1.43 bits per heavy atom. The lowest BCUT2D eigenvalue weighted by Crippen LogP contribution is -2.07. The number of aromatic nitrogens is 1. The van der Waals surface area contributed by atoms with Crippen LogP contribution >= 0.6 is 11.6 Å². The van der Waals surface area contributed by atoms with Crippen molar-refractivity contribution >= 4 is 22.8 Å². The Morgan fingerprint density at radius 2 is 2.00 bits per heavy atom. The first-order valence-electron chi connectivity index (χ1n) is 4.09. The van der Waals surface area contributed by atoms with E-state index in [4.69, 9.17) is 16.3 Å². The molecule has 0 amide bonds. The van der Waals surface area contributed by atoms with E-state index in [1.807, 2.05) is 0 Å². The van der Waals surface area contributed by atoms with E-state index in [-0.39, 0.29) is 17.7 Å². The van der Waals surface area contributed by atoms with Gasteiger partial charge in [0.05, 0.1) is 17.7 Å². The lowest BCUT2D eigenvalue weighted by atomic mass is 10.2. The van der Waals surface area contributed by atoms with Gasteiger partial charge in [-0.15, -0.1) is 0 Å². The van der Waals surface area contributed by atoms with Crippen LogP contribution in [0.5, 0.6) is 0 Å². The van der Waals surface area contributed by atoms with Gasteiger partial charge in [0.2, 0.25) is 0 Å². The number of halogens is 1. The molecule has 0 aliphatic rings. The standard InChI is InChI=1S/C9H10ClNO3/c1-3-14-9(13)7-5-11(2)4-6(7)8(10)12/h4-5H,3H2,1-2H3. The van der Waals surface area contributed by atoms with Crippen LogP contribution in [0.4, 0.5) is 0 Å². The zero-order valence-corrected chi connectivity index (χ0v) is 8.67. The van der Waals surface area contributed by atoms with Crippen molar-refractivity contribution in [3.05, 3.63) is 23.5 Å². The summed E-state index contributed by atoms with van der Waals surface area (Å²) in [6.45, 7) is 1.96. The quantitative estimate of drug-likeness (QED) is 0.568. The Kier molecular flexibility index (Phi) is 3.30. The average molecular weight is 216 g/mol. The molecule has 0 saturated heterocycles. The number of carbonyl (C=O) groups excluding carboxylic acids is 2. The molecule has 0 spiro atoms. The number of nitrogens with zero attached hydrogens (tertiary/aromatic N) is 1. The van der Waals surface area contributed by atoms with Crippen molar-refractivity contribution < 1.29 is 14.3 Å². The first kappa shape index (κ1) is 10.8. The Morgan fingerprint density at radius 3 is 2.50 bits per heavy atom. The first-order valence-corrected chi connectivity index (χ1v) is 4.47. The van der Waals surface area contributed by atoms with Crippen LogP contribution in [0.15, 0.2) is 12.4 Å². The van der Waals surface area contributed by atoms with Crippen molar-refractivity contribution in [1.82, 2.24) is 4.57 Å². The molecule has 0 atom stereocenters. The topological polar surface area (TPSA) is 48.3 Å². The van der Waals surface area contributed by atoms with E-state index >= 15 is 0 Å². The highest BCUT2D eigenvalue weighted by molar-refractivity contribution is 6.68. The zero-order chi connectivity index (χ0) is 10.7. The number of rotatable bonds is 3. The third kappa shape index (κ3) is 2.14. The summed E-state index contributed by atoms with van der Waals surface area (Å²) < 4.78 is 6.35. The largest absolute Gasteiger partial charge is 0.462 e. The van der Waals surface area contributed by atoms with Gasteiger partial charge in [-0.05, 0) is 18.5 Å². The van der Waals surface area contributed by atoms with Crippen molar-refractivity contribution in [2.45, 2.75) is 6.92 Å². The Labute approximate surface area is 86.4 Å². The highest BCUT2D eigenvalue weighted by Gasteiger charge is 2.18. The summed E-state index contributed by atoms with van der Waals surface area (Å²) in [5.41, 5.74) is 0.377. The summed E-state index contributed by atoms with van der Waals surface area (Å²) in [5.74, 6) is -0.530. The first-order chi connectivity index (χ1) is 6.56. The summed E-state index contributed by atoms with van der Waals surface area (Å²) in [6.07, 6.45) is 3.00. The van der Waals surface area contributed by atoms with E-state index in [1.54, 1.807) is 18.5 Å². The minimum absolute atomic E-state index is 0.174. The Hall–Kier alpha value is -1.29. The molecule has 0 N–H and O–H groups in total. The van der Waals surface area contributed by atoms with Crippen LogP contribution in [-0.4, -0.2) is 22.4 Å². The average Bonchev–Trinajstić information content (AvgIpc) is 2.48. The van der Waals surface area contributed by atoms with Crippen LogP contribution in [0.3, 0.4) is 0 Å². The van der Waals surface area contributed by atoms with Gasteiger partial charge in [-0.25, -0.2) is 4.79 Å². The van der Waals surface area contributed by atoms with Crippen LogP contribution in [-0.2, 0) is 11.8 Å². The van der Waals surface area contributed by atoms with Crippen molar-refractivity contribution in [3.8, 4) is 0 Å². The molecule has 1 aromatic heterocycles. The fourth-order valence-electron chi connectivity index (χ4n) is 1.11. The second kappa shape index (κ2) is 4.28. The summed E-state index contributed by atoms with van der Waals surface area (Å²) in [6, 6.07) is 0. The molecule has 5 heteroatoms. The molecule has 0 aliphatic carbocycles. The normalized spacial score (nSPS) is 9.93. The molecule has 76 valence electrons. The van der Waals surface area contributed by atoms with Crippen molar-refractivity contribution in [2.24, 2.45) is 7.05 Å². The molecule has 0 radical (unpaired) electrons. The molecule has 14 heavy (non-hydrogen) atoms. The predicted octanol–water partition coefficient (Wildman–Crippen LogP) is 1.58. The molecule has 0 bridgehead atoms. The second-order valence-electron chi connectivity index (χ2n) is 2.75. The zero-order valence-electron chi connectivity index (χ0n) is 7.91. The fourth-order valence-corrected chi connectivity index (χ4v) is 1.26. The molecule has 0 fully saturated rings. The van der Waals surface area contributed by atoms with E-state index < -0.39 is 11.2 Å². The van der Waals surface area contributed by atoms with Gasteiger partial charge in [0.15, 0.2) is 0 Å². The van der Waals surface area contributed by atoms with Crippen LogP contribution in [0.1, 0.15) is 27.6 Å². The maximum absolute atomic E-state index is 11.3. The number of aryl methyl sites for hydroxylation is 1. The van der Waals surface area contributed by atoms with Gasteiger partial charge in [0.25, 0.3) is 5.24 Å². The third-order valence-corrected chi connectivity index (χ3v) is 1.87. The van der Waals surface area contributed by atoms with Gasteiger partial charge in [-0.2, -0.15) is 0 Å². The van der Waals surface area contributed by atoms with E-state index in [1.165, 1.54) is 12.4 Å². The lowest BCUT2D eigenvalue weighted by molar-refractivity contribution is 0.0524. The molecular formula is C9H10ClNO3. The summed E-state index contributed by atoms with van der Waals surface area (Å²) in [4.78, 5) is 22.3. The highest BCUT2D eigenvalue weighted by Crippen LogP contribution is 2.13. The molecule has 1 aromatic rings. The van der Waals surface area contributed by atoms with E-state index in [2.05, 4.69) is 0 Å². The smallest absolute Gasteiger partial charge is 0.340 e. The SMILES string of the molecule is CCOC(=O)c1cn(C)cc1C(=O)Cl. The maximum Gasteiger partial charge on any atom is 0.340 e. The molecule has 1 rings (SSSR count). The summed E-state index contributed by atoms with van der Waals surface area (Å²) >= 11 is 5.31. The maximum atomic E-state index is 11.3. The molecular weight excluding hydrogens is 206 g/mol. The number of esters is 1. The van der Waals surface area contributed by atoms with Crippen LogP contribution in [0.2, 0.25) is 0 Å². The predicted molar refractivity (Wildman–Crippen MR) is 51.6 cm³/mol.